The maximum Gasteiger partial charge on any atom is 0.238 e. The fraction of sp³-hybridized carbons (Fsp3) is 0.214. The first-order valence-electron chi connectivity index (χ1n) is 5.88. The maximum absolute atomic E-state index is 11.9. The van der Waals surface area contributed by atoms with Gasteiger partial charge in [-0.05, 0) is 76.3 Å². The second-order valence-corrected chi connectivity index (χ2v) is 6.38. The summed E-state index contributed by atoms with van der Waals surface area (Å²) in [5.41, 5.74) is 2.09. The average Bonchev–Trinajstić information content (AvgIpc) is 2.84. The van der Waals surface area contributed by atoms with E-state index in [0.29, 0.717) is 6.54 Å². The summed E-state index contributed by atoms with van der Waals surface area (Å²) in [7, 11) is 1.95. The number of anilines is 1. The molecule has 1 amide bonds. The third kappa shape index (κ3) is 4.93. The summed E-state index contributed by atoms with van der Waals surface area (Å²) < 4.78 is 1.16. The van der Waals surface area contributed by atoms with Gasteiger partial charge >= 0.3 is 0 Å². The molecule has 0 unspecified atom stereocenters. The largest absolute Gasteiger partial charge is 0.325 e. The standard InChI is InChI=1S/C14H15IN2OS/c1-17(8-11-6-7-19-10-11)9-14(18)16-13-4-2-12(15)3-5-13/h2-7,10H,8-9H2,1H3,(H,16,18). The highest BCUT2D eigenvalue weighted by Gasteiger charge is 2.07. The zero-order valence-electron chi connectivity index (χ0n) is 10.6. The number of hydrogen-bond donors (Lipinski definition) is 1. The fourth-order valence-electron chi connectivity index (χ4n) is 1.73. The Morgan fingerprint density at radius 2 is 2.05 bits per heavy atom. The van der Waals surface area contributed by atoms with Crippen LogP contribution in [-0.2, 0) is 11.3 Å². The molecule has 0 atom stereocenters. The third-order valence-electron chi connectivity index (χ3n) is 2.57. The summed E-state index contributed by atoms with van der Waals surface area (Å²) in [4.78, 5) is 13.9. The molecule has 100 valence electrons. The van der Waals surface area contributed by atoms with E-state index in [4.69, 9.17) is 0 Å². The van der Waals surface area contributed by atoms with E-state index in [2.05, 4.69) is 44.7 Å². The zero-order chi connectivity index (χ0) is 13.7. The van der Waals surface area contributed by atoms with Crippen molar-refractivity contribution in [2.24, 2.45) is 0 Å². The molecule has 19 heavy (non-hydrogen) atoms. The van der Waals surface area contributed by atoms with Crippen LogP contribution in [0.25, 0.3) is 0 Å². The van der Waals surface area contributed by atoms with Gasteiger partial charge in [-0.2, -0.15) is 11.3 Å². The van der Waals surface area contributed by atoms with Crippen LogP contribution < -0.4 is 5.32 Å². The van der Waals surface area contributed by atoms with Crippen LogP contribution in [0.3, 0.4) is 0 Å². The SMILES string of the molecule is CN(CC(=O)Nc1ccc(I)cc1)Cc1ccsc1. The Balaban J connectivity index is 1.82. The Labute approximate surface area is 130 Å². The highest BCUT2D eigenvalue weighted by Crippen LogP contribution is 2.11. The van der Waals surface area contributed by atoms with Gasteiger partial charge in [-0.15, -0.1) is 0 Å². The van der Waals surface area contributed by atoms with Crippen LogP contribution in [0, 0.1) is 3.57 Å². The molecule has 0 fully saturated rings. The molecule has 0 radical (unpaired) electrons. The van der Waals surface area contributed by atoms with Crippen molar-refractivity contribution in [2.75, 3.05) is 18.9 Å². The van der Waals surface area contributed by atoms with Crippen molar-refractivity contribution in [3.63, 3.8) is 0 Å². The summed E-state index contributed by atoms with van der Waals surface area (Å²) in [6, 6.07) is 9.87. The molecule has 0 aliphatic rings. The van der Waals surface area contributed by atoms with Gasteiger partial charge in [0.25, 0.3) is 0 Å². The van der Waals surface area contributed by atoms with Crippen LogP contribution in [0.15, 0.2) is 41.1 Å². The van der Waals surface area contributed by atoms with Gasteiger partial charge in [0.1, 0.15) is 0 Å². The first-order chi connectivity index (χ1) is 9.13. The Morgan fingerprint density at radius 1 is 1.32 bits per heavy atom. The van der Waals surface area contributed by atoms with E-state index in [1.54, 1.807) is 11.3 Å². The lowest BCUT2D eigenvalue weighted by Crippen LogP contribution is -2.29. The Kier molecular flexibility index (Phi) is 5.35. The van der Waals surface area contributed by atoms with Crippen LogP contribution in [0.2, 0.25) is 0 Å². The number of nitrogens with zero attached hydrogens (tertiary/aromatic N) is 1. The highest BCUT2D eigenvalue weighted by molar-refractivity contribution is 14.1. The zero-order valence-corrected chi connectivity index (χ0v) is 13.6. The van der Waals surface area contributed by atoms with Crippen molar-refractivity contribution >= 4 is 45.5 Å². The summed E-state index contributed by atoms with van der Waals surface area (Å²) in [5.74, 6) is 0.0129. The number of thiophene rings is 1. The number of benzene rings is 1. The molecule has 0 bridgehead atoms. The van der Waals surface area contributed by atoms with E-state index in [9.17, 15) is 4.79 Å². The monoisotopic (exact) mass is 386 g/mol. The fourth-order valence-corrected chi connectivity index (χ4v) is 2.75. The topological polar surface area (TPSA) is 32.3 Å². The van der Waals surface area contributed by atoms with E-state index in [0.717, 1.165) is 15.8 Å². The molecular weight excluding hydrogens is 371 g/mol. The molecule has 0 saturated carbocycles. The predicted molar refractivity (Wildman–Crippen MR) is 88.4 cm³/mol. The normalized spacial score (nSPS) is 10.7. The summed E-state index contributed by atoms with van der Waals surface area (Å²) >= 11 is 3.92. The smallest absolute Gasteiger partial charge is 0.238 e. The van der Waals surface area contributed by atoms with Crippen molar-refractivity contribution < 1.29 is 4.79 Å². The Bertz CT molecular complexity index is 525. The van der Waals surface area contributed by atoms with Crippen LogP contribution in [0.4, 0.5) is 5.69 Å². The van der Waals surface area contributed by atoms with E-state index < -0.39 is 0 Å². The minimum atomic E-state index is 0.0129. The van der Waals surface area contributed by atoms with Gasteiger partial charge in [0.2, 0.25) is 5.91 Å². The summed E-state index contributed by atoms with van der Waals surface area (Å²) in [6.07, 6.45) is 0. The summed E-state index contributed by atoms with van der Waals surface area (Å²) in [6.45, 7) is 1.19. The molecule has 1 aromatic heterocycles. The molecule has 0 aliphatic heterocycles. The quantitative estimate of drug-likeness (QED) is 0.799. The molecular formula is C14H15IN2OS. The number of nitrogens with one attached hydrogen (secondary N) is 1. The molecule has 0 saturated heterocycles. The molecule has 2 rings (SSSR count). The molecule has 5 heteroatoms. The molecule has 1 heterocycles. The van der Waals surface area contributed by atoms with Gasteiger partial charge < -0.3 is 5.32 Å². The lowest BCUT2D eigenvalue weighted by atomic mass is 10.3. The Morgan fingerprint density at radius 3 is 2.68 bits per heavy atom. The van der Waals surface area contributed by atoms with Crippen LogP contribution in [0.5, 0.6) is 0 Å². The van der Waals surface area contributed by atoms with Crippen molar-refractivity contribution in [3.05, 3.63) is 50.2 Å². The van der Waals surface area contributed by atoms with Crippen molar-refractivity contribution in [1.82, 2.24) is 4.90 Å². The number of rotatable bonds is 5. The van der Waals surface area contributed by atoms with Crippen molar-refractivity contribution in [2.45, 2.75) is 6.54 Å². The average molecular weight is 386 g/mol. The van der Waals surface area contributed by atoms with E-state index in [-0.39, 0.29) is 5.91 Å². The second-order valence-electron chi connectivity index (χ2n) is 4.36. The molecule has 1 N–H and O–H groups in total. The third-order valence-corrected chi connectivity index (χ3v) is 4.03. The number of hydrogen-bond acceptors (Lipinski definition) is 3. The van der Waals surface area contributed by atoms with Gasteiger partial charge in [0.15, 0.2) is 0 Å². The van der Waals surface area contributed by atoms with Gasteiger partial charge in [-0.1, -0.05) is 0 Å². The van der Waals surface area contributed by atoms with E-state index in [1.807, 2.05) is 36.2 Å². The van der Waals surface area contributed by atoms with Gasteiger partial charge in [-0.25, -0.2) is 0 Å². The molecule has 3 nitrogen and oxygen atoms in total. The van der Waals surface area contributed by atoms with Crippen LogP contribution >= 0.6 is 33.9 Å². The first-order valence-corrected chi connectivity index (χ1v) is 7.90. The lowest BCUT2D eigenvalue weighted by molar-refractivity contribution is -0.117. The van der Waals surface area contributed by atoms with Gasteiger partial charge in [0, 0.05) is 15.8 Å². The van der Waals surface area contributed by atoms with Gasteiger partial charge in [-0.3, -0.25) is 9.69 Å². The number of carbonyl (C=O) groups is 1. The van der Waals surface area contributed by atoms with Crippen LogP contribution in [0.1, 0.15) is 5.56 Å². The number of amides is 1. The van der Waals surface area contributed by atoms with Gasteiger partial charge in [0.05, 0.1) is 6.54 Å². The lowest BCUT2D eigenvalue weighted by Gasteiger charge is -2.15. The van der Waals surface area contributed by atoms with Crippen LogP contribution in [-0.4, -0.2) is 24.4 Å². The van der Waals surface area contributed by atoms with Crippen molar-refractivity contribution in [3.8, 4) is 0 Å². The molecule has 1 aromatic carbocycles. The minimum absolute atomic E-state index is 0.0129. The maximum atomic E-state index is 11.9. The molecule has 0 aliphatic carbocycles. The predicted octanol–water partition coefficient (Wildman–Crippen LogP) is 3.42. The van der Waals surface area contributed by atoms with E-state index in [1.165, 1.54) is 5.56 Å². The van der Waals surface area contributed by atoms with E-state index >= 15 is 0 Å². The number of halogens is 1. The number of likely N-dealkylation sites (N-methyl/N-ethyl adjacent to an activating group) is 1. The Hall–Kier alpha value is -0.920. The first kappa shape index (κ1) is 14.5. The highest BCUT2D eigenvalue weighted by atomic mass is 127. The van der Waals surface area contributed by atoms with Crippen molar-refractivity contribution in [1.29, 1.82) is 0 Å². The molecule has 0 spiro atoms. The molecule has 2 aromatic rings. The summed E-state index contributed by atoms with van der Waals surface area (Å²) in [5, 5.41) is 7.05. The minimum Gasteiger partial charge on any atom is -0.325 e. The second kappa shape index (κ2) is 7.02. The number of carbonyl (C=O) groups excluding carboxylic acids is 1.